The zero-order valence-corrected chi connectivity index (χ0v) is 11.7. The lowest BCUT2D eigenvalue weighted by Gasteiger charge is -2.06. The first-order valence-electron chi connectivity index (χ1n) is 5.26. The fourth-order valence-corrected chi connectivity index (χ4v) is 1.57. The SMILES string of the molecule is COc1ccc(C(=O)Nc2ncccc2Cl)cc1.Cl. The number of hydrogen-bond donors (Lipinski definition) is 1. The van der Waals surface area contributed by atoms with Crippen LogP contribution in [0.3, 0.4) is 0 Å². The predicted molar refractivity (Wildman–Crippen MR) is 77.4 cm³/mol. The Balaban J connectivity index is 0.00000180. The van der Waals surface area contributed by atoms with Crippen molar-refractivity contribution in [1.29, 1.82) is 0 Å². The second kappa shape index (κ2) is 6.97. The molecule has 0 radical (unpaired) electrons. The van der Waals surface area contributed by atoms with Crippen LogP contribution in [0.15, 0.2) is 42.6 Å². The highest BCUT2D eigenvalue weighted by Gasteiger charge is 2.08. The minimum Gasteiger partial charge on any atom is -0.497 e. The summed E-state index contributed by atoms with van der Waals surface area (Å²) in [6.45, 7) is 0. The zero-order valence-electron chi connectivity index (χ0n) is 10.1. The second-order valence-corrected chi connectivity index (χ2v) is 3.92. The molecule has 2 rings (SSSR count). The summed E-state index contributed by atoms with van der Waals surface area (Å²) in [5.74, 6) is 0.778. The monoisotopic (exact) mass is 298 g/mol. The van der Waals surface area contributed by atoms with E-state index in [1.165, 1.54) is 0 Å². The third kappa shape index (κ3) is 3.84. The molecule has 0 fully saturated rings. The van der Waals surface area contributed by atoms with Crippen molar-refractivity contribution in [3.8, 4) is 5.75 Å². The molecule has 4 nitrogen and oxygen atoms in total. The summed E-state index contributed by atoms with van der Waals surface area (Å²) in [6.07, 6.45) is 1.56. The molecule has 1 N–H and O–H groups in total. The molecule has 6 heteroatoms. The summed E-state index contributed by atoms with van der Waals surface area (Å²) in [7, 11) is 1.57. The molecule has 0 spiro atoms. The molecule has 0 bridgehead atoms. The molecule has 0 aliphatic rings. The first kappa shape index (κ1) is 15.3. The van der Waals surface area contributed by atoms with E-state index < -0.39 is 0 Å². The number of amides is 1. The van der Waals surface area contributed by atoms with E-state index in [0.29, 0.717) is 22.2 Å². The van der Waals surface area contributed by atoms with Crippen molar-refractivity contribution in [3.63, 3.8) is 0 Å². The van der Waals surface area contributed by atoms with Crippen LogP contribution in [0.5, 0.6) is 5.75 Å². The lowest BCUT2D eigenvalue weighted by molar-refractivity contribution is 0.102. The topological polar surface area (TPSA) is 51.2 Å². The highest BCUT2D eigenvalue weighted by atomic mass is 35.5. The summed E-state index contributed by atoms with van der Waals surface area (Å²) in [4.78, 5) is 15.9. The highest BCUT2D eigenvalue weighted by Crippen LogP contribution is 2.19. The van der Waals surface area contributed by atoms with Gasteiger partial charge < -0.3 is 10.1 Å². The van der Waals surface area contributed by atoms with E-state index in [4.69, 9.17) is 16.3 Å². The molecule has 0 unspecified atom stereocenters. The van der Waals surface area contributed by atoms with E-state index in [2.05, 4.69) is 10.3 Å². The summed E-state index contributed by atoms with van der Waals surface area (Å²) in [5.41, 5.74) is 0.512. The van der Waals surface area contributed by atoms with Gasteiger partial charge in [-0.3, -0.25) is 4.79 Å². The van der Waals surface area contributed by atoms with Crippen LogP contribution in [0.4, 0.5) is 5.82 Å². The van der Waals surface area contributed by atoms with Crippen LogP contribution in [0, 0.1) is 0 Å². The Hall–Kier alpha value is -1.78. The quantitative estimate of drug-likeness (QED) is 0.944. The summed E-state index contributed by atoms with van der Waals surface area (Å²) in [5, 5.41) is 3.04. The number of aromatic nitrogens is 1. The smallest absolute Gasteiger partial charge is 0.256 e. The Morgan fingerprint density at radius 1 is 1.26 bits per heavy atom. The van der Waals surface area contributed by atoms with Gasteiger partial charge in [-0.05, 0) is 36.4 Å². The Morgan fingerprint density at radius 3 is 2.53 bits per heavy atom. The molecule has 1 aromatic heterocycles. The van der Waals surface area contributed by atoms with Crippen molar-refractivity contribution in [1.82, 2.24) is 4.98 Å². The van der Waals surface area contributed by atoms with E-state index in [9.17, 15) is 4.79 Å². The van der Waals surface area contributed by atoms with Crippen molar-refractivity contribution in [2.24, 2.45) is 0 Å². The van der Waals surface area contributed by atoms with Gasteiger partial charge in [0.25, 0.3) is 5.91 Å². The number of nitrogens with one attached hydrogen (secondary N) is 1. The molecule has 0 aliphatic heterocycles. The van der Waals surface area contributed by atoms with Crippen LogP contribution in [0.1, 0.15) is 10.4 Å². The maximum absolute atomic E-state index is 11.9. The summed E-state index contributed by atoms with van der Waals surface area (Å²) in [6, 6.07) is 10.1. The predicted octanol–water partition coefficient (Wildman–Crippen LogP) is 3.42. The van der Waals surface area contributed by atoms with Gasteiger partial charge in [0, 0.05) is 11.8 Å². The van der Waals surface area contributed by atoms with Gasteiger partial charge in [0.1, 0.15) is 5.75 Å². The van der Waals surface area contributed by atoms with Crippen molar-refractivity contribution in [3.05, 3.63) is 53.2 Å². The number of nitrogens with zero attached hydrogens (tertiary/aromatic N) is 1. The van der Waals surface area contributed by atoms with Gasteiger partial charge in [-0.25, -0.2) is 4.98 Å². The van der Waals surface area contributed by atoms with Crippen LogP contribution >= 0.6 is 24.0 Å². The normalized spacial score (nSPS) is 9.37. The van der Waals surface area contributed by atoms with Gasteiger partial charge in [0.2, 0.25) is 0 Å². The molecule has 0 aliphatic carbocycles. The van der Waals surface area contributed by atoms with Gasteiger partial charge in [0.05, 0.1) is 12.1 Å². The van der Waals surface area contributed by atoms with Crippen molar-refractivity contribution >= 4 is 35.7 Å². The molecule has 1 aromatic carbocycles. The number of carbonyl (C=O) groups is 1. The number of anilines is 1. The Labute approximate surface area is 122 Å². The van der Waals surface area contributed by atoms with Gasteiger partial charge in [-0.15, -0.1) is 12.4 Å². The number of halogens is 2. The molecule has 19 heavy (non-hydrogen) atoms. The lowest BCUT2D eigenvalue weighted by atomic mass is 10.2. The van der Waals surface area contributed by atoms with Gasteiger partial charge in [-0.2, -0.15) is 0 Å². The average molecular weight is 299 g/mol. The number of hydrogen-bond acceptors (Lipinski definition) is 3. The van der Waals surface area contributed by atoms with Crippen molar-refractivity contribution in [2.75, 3.05) is 12.4 Å². The molecular formula is C13H12Cl2N2O2. The van der Waals surface area contributed by atoms with Crippen LogP contribution in [-0.2, 0) is 0 Å². The molecule has 0 atom stereocenters. The van der Waals surface area contributed by atoms with Gasteiger partial charge in [-0.1, -0.05) is 11.6 Å². The maximum Gasteiger partial charge on any atom is 0.256 e. The molecule has 1 amide bonds. The first-order chi connectivity index (χ1) is 8.70. The Kier molecular flexibility index (Phi) is 5.60. The van der Waals surface area contributed by atoms with Crippen LogP contribution in [0.25, 0.3) is 0 Å². The Bertz CT molecular complexity index is 559. The van der Waals surface area contributed by atoms with Crippen LogP contribution < -0.4 is 10.1 Å². The lowest BCUT2D eigenvalue weighted by Crippen LogP contribution is -2.13. The van der Waals surface area contributed by atoms with Crippen molar-refractivity contribution in [2.45, 2.75) is 0 Å². The number of benzene rings is 1. The number of carbonyl (C=O) groups excluding carboxylic acids is 1. The number of methoxy groups -OCH3 is 1. The van der Waals surface area contributed by atoms with E-state index in [-0.39, 0.29) is 18.3 Å². The second-order valence-electron chi connectivity index (χ2n) is 3.52. The third-order valence-corrected chi connectivity index (χ3v) is 2.65. The zero-order chi connectivity index (χ0) is 13.0. The van der Waals surface area contributed by atoms with Gasteiger partial charge in [0.15, 0.2) is 5.82 Å². The first-order valence-corrected chi connectivity index (χ1v) is 5.64. The minimum atomic E-state index is -0.266. The third-order valence-electron chi connectivity index (χ3n) is 2.34. The maximum atomic E-state index is 11.9. The molecule has 0 saturated heterocycles. The molecule has 1 heterocycles. The minimum absolute atomic E-state index is 0. The highest BCUT2D eigenvalue weighted by molar-refractivity contribution is 6.33. The fourth-order valence-electron chi connectivity index (χ4n) is 1.40. The standard InChI is InChI=1S/C13H11ClN2O2.ClH/c1-18-10-6-4-9(5-7-10)13(17)16-12-11(14)3-2-8-15-12;/h2-8H,1H3,(H,15,16,17);1H. The molecular weight excluding hydrogens is 287 g/mol. The number of pyridine rings is 1. The molecule has 2 aromatic rings. The largest absolute Gasteiger partial charge is 0.497 e. The summed E-state index contributed by atoms with van der Waals surface area (Å²) < 4.78 is 5.02. The molecule has 0 saturated carbocycles. The summed E-state index contributed by atoms with van der Waals surface area (Å²) >= 11 is 5.91. The van der Waals surface area contributed by atoms with Gasteiger partial charge >= 0.3 is 0 Å². The Morgan fingerprint density at radius 2 is 1.95 bits per heavy atom. The van der Waals surface area contributed by atoms with Crippen molar-refractivity contribution < 1.29 is 9.53 Å². The van der Waals surface area contributed by atoms with E-state index in [0.717, 1.165) is 0 Å². The van der Waals surface area contributed by atoms with E-state index in [1.807, 2.05) is 0 Å². The van der Waals surface area contributed by atoms with E-state index >= 15 is 0 Å². The number of rotatable bonds is 3. The number of ether oxygens (including phenoxy) is 1. The molecule has 100 valence electrons. The van der Waals surface area contributed by atoms with E-state index in [1.54, 1.807) is 49.7 Å². The van der Waals surface area contributed by atoms with Crippen LogP contribution in [0.2, 0.25) is 5.02 Å². The fraction of sp³-hybridized carbons (Fsp3) is 0.0769. The van der Waals surface area contributed by atoms with Crippen LogP contribution in [-0.4, -0.2) is 18.0 Å². The average Bonchev–Trinajstić information content (AvgIpc) is 2.41.